The highest BCUT2D eigenvalue weighted by Crippen LogP contribution is 2.44. The summed E-state index contributed by atoms with van der Waals surface area (Å²) in [7, 11) is -2.41. The van der Waals surface area contributed by atoms with E-state index in [0.717, 1.165) is 6.92 Å². The molecule has 0 unspecified atom stereocenters. The lowest BCUT2D eigenvalue weighted by atomic mass is 9.76. The number of carbonyl (C=O) groups excluding carboxylic acids is 1. The van der Waals surface area contributed by atoms with Gasteiger partial charge in [-0.05, 0) is 79.9 Å². The summed E-state index contributed by atoms with van der Waals surface area (Å²) in [6, 6.07) is 4.86. The van der Waals surface area contributed by atoms with E-state index in [0.29, 0.717) is 16.4 Å². The summed E-state index contributed by atoms with van der Waals surface area (Å²) in [5.74, 6) is -1.51. The molecule has 0 N–H and O–H groups in total. The Bertz CT molecular complexity index is 1250. The maximum Gasteiger partial charge on any atom is 0.494 e. The van der Waals surface area contributed by atoms with Crippen molar-refractivity contribution >= 4 is 32.6 Å². The molecule has 1 fully saturated rings. The maximum absolute atomic E-state index is 15.5. The van der Waals surface area contributed by atoms with Gasteiger partial charge in [0.25, 0.3) is 0 Å². The molecule has 44 heavy (non-hydrogen) atoms. The lowest BCUT2D eigenvalue weighted by molar-refractivity contribution is -0.252. The molecule has 1 aromatic rings. The van der Waals surface area contributed by atoms with Crippen LogP contribution < -0.4 is 5.46 Å². The van der Waals surface area contributed by atoms with Crippen LogP contribution in [0.2, 0.25) is 25.7 Å². The third kappa shape index (κ3) is 7.86. The molecule has 2 heterocycles. The second-order valence-corrected chi connectivity index (χ2v) is 20.7. The smallest absolute Gasteiger partial charge is 0.443 e. The molecule has 0 radical (unpaired) electrons. The Labute approximate surface area is 259 Å². The molecule has 2 aliphatic rings. The van der Waals surface area contributed by atoms with Crippen LogP contribution in [-0.2, 0) is 29.1 Å². The first-order valence-corrected chi connectivity index (χ1v) is 18.5. The van der Waals surface area contributed by atoms with Gasteiger partial charge in [-0.25, -0.2) is 14.1 Å². The van der Waals surface area contributed by atoms with Crippen molar-refractivity contribution in [2.45, 2.75) is 122 Å². The van der Waals surface area contributed by atoms with Crippen molar-refractivity contribution in [2.75, 3.05) is 19.9 Å². The minimum atomic E-state index is -4.99. The number of hydrogen-bond donors (Lipinski definition) is 0. The van der Waals surface area contributed by atoms with Crippen LogP contribution in [0, 0.1) is 5.82 Å². The molecule has 0 bridgehead atoms. The molecule has 14 heteroatoms. The first kappa shape index (κ1) is 36.5. The van der Waals surface area contributed by atoms with Crippen molar-refractivity contribution in [3.05, 3.63) is 29.6 Å². The number of carbonyl (C=O) groups is 1. The van der Waals surface area contributed by atoms with Crippen molar-refractivity contribution < 1.29 is 45.9 Å². The standard InChI is InChI=1S/C30H47BF4N2O6Si/c1-25(2,3)41-24(38)37(19-39-15-16-44(10,11)12)23-29(9,30(33,34)35)40-18-28(8,36-23)21-17-20(13-14-22(21)32)31-42-26(4,5)27(6,7)43-31/h13-14,17H,15-16,18-19H2,1-12H3/t28-,29+/m0/s1. The van der Waals surface area contributed by atoms with Crippen LogP contribution in [0.1, 0.15) is 67.9 Å². The fraction of sp³-hybridized carbons (Fsp3) is 0.733. The van der Waals surface area contributed by atoms with Crippen LogP contribution >= 0.6 is 0 Å². The average Bonchev–Trinajstić information content (AvgIpc) is 3.05. The normalized spacial score (nSPS) is 25.5. The third-order valence-electron chi connectivity index (χ3n) is 8.14. The van der Waals surface area contributed by atoms with Crippen LogP contribution in [0.3, 0.4) is 0 Å². The summed E-state index contributed by atoms with van der Waals surface area (Å²) in [6.45, 7) is 19.9. The van der Waals surface area contributed by atoms with E-state index in [4.69, 9.17) is 23.5 Å². The molecule has 1 amide bonds. The molecular formula is C30H47BF4N2O6Si. The largest absolute Gasteiger partial charge is 0.494 e. The zero-order valence-electron chi connectivity index (χ0n) is 28.0. The highest BCUT2D eigenvalue weighted by atomic mass is 28.3. The molecule has 1 saturated heterocycles. The number of nitrogens with zero attached hydrogens (tertiary/aromatic N) is 2. The Balaban J connectivity index is 2.14. The predicted molar refractivity (Wildman–Crippen MR) is 164 cm³/mol. The summed E-state index contributed by atoms with van der Waals surface area (Å²) in [6.07, 6.45) is -6.09. The fourth-order valence-corrected chi connectivity index (χ4v) is 5.28. The molecule has 1 aromatic carbocycles. The van der Waals surface area contributed by atoms with Gasteiger partial charge in [0.15, 0.2) is 5.84 Å². The molecule has 3 rings (SSSR count). The number of amidine groups is 1. The van der Waals surface area contributed by atoms with E-state index in [9.17, 15) is 18.0 Å². The molecule has 248 valence electrons. The molecule has 2 atom stereocenters. The van der Waals surface area contributed by atoms with Crippen LogP contribution in [0.5, 0.6) is 0 Å². The van der Waals surface area contributed by atoms with E-state index >= 15 is 4.39 Å². The third-order valence-corrected chi connectivity index (χ3v) is 9.85. The number of aliphatic imine (C=N–C) groups is 1. The highest BCUT2D eigenvalue weighted by molar-refractivity contribution is 6.76. The van der Waals surface area contributed by atoms with Gasteiger partial charge < -0.3 is 23.5 Å². The van der Waals surface area contributed by atoms with E-state index in [-0.39, 0.29) is 12.2 Å². The summed E-state index contributed by atoms with van der Waals surface area (Å²) in [5, 5.41) is 0. The van der Waals surface area contributed by atoms with Crippen molar-refractivity contribution in [1.29, 1.82) is 0 Å². The SMILES string of the molecule is CC(C)(C)OC(=O)N(COCC[Si](C)(C)C)C1=N[C@](C)(c2cc(B3OC(C)(C)C(C)(C)O3)ccc2F)CO[C@@]1(C)C(F)(F)F. The summed E-state index contributed by atoms with van der Waals surface area (Å²) >= 11 is 0. The Morgan fingerprint density at radius 3 is 2.11 bits per heavy atom. The first-order chi connectivity index (χ1) is 19.7. The maximum atomic E-state index is 15.5. The van der Waals surface area contributed by atoms with Gasteiger partial charge >= 0.3 is 19.4 Å². The van der Waals surface area contributed by atoms with Gasteiger partial charge in [0.1, 0.15) is 23.7 Å². The van der Waals surface area contributed by atoms with Crippen molar-refractivity contribution in [3.8, 4) is 0 Å². The van der Waals surface area contributed by atoms with E-state index in [1.54, 1.807) is 20.8 Å². The topological polar surface area (TPSA) is 78.8 Å². The summed E-state index contributed by atoms with van der Waals surface area (Å²) in [5.41, 5.74) is -6.67. The van der Waals surface area contributed by atoms with Crippen LogP contribution in [0.25, 0.3) is 0 Å². The number of rotatable bonds is 7. The van der Waals surface area contributed by atoms with Crippen LogP contribution in [0.15, 0.2) is 23.2 Å². The van der Waals surface area contributed by atoms with E-state index < -0.39 is 80.4 Å². The number of alkyl halides is 3. The van der Waals surface area contributed by atoms with Crippen molar-refractivity contribution in [2.24, 2.45) is 4.99 Å². The average molecular weight is 647 g/mol. The zero-order valence-corrected chi connectivity index (χ0v) is 29.0. The Morgan fingerprint density at radius 2 is 1.61 bits per heavy atom. The van der Waals surface area contributed by atoms with Crippen LogP contribution in [-0.4, -0.2) is 80.5 Å². The number of halogens is 4. The fourth-order valence-electron chi connectivity index (χ4n) is 4.52. The van der Waals surface area contributed by atoms with Gasteiger partial charge in [-0.1, -0.05) is 31.8 Å². The van der Waals surface area contributed by atoms with E-state index in [2.05, 4.69) is 24.6 Å². The van der Waals surface area contributed by atoms with E-state index in [1.807, 2.05) is 27.7 Å². The van der Waals surface area contributed by atoms with E-state index in [1.165, 1.54) is 25.1 Å². The number of benzene rings is 1. The lowest BCUT2D eigenvalue weighted by Gasteiger charge is -2.45. The van der Waals surface area contributed by atoms with Gasteiger partial charge in [0, 0.05) is 20.2 Å². The van der Waals surface area contributed by atoms with Gasteiger partial charge in [-0.2, -0.15) is 13.2 Å². The summed E-state index contributed by atoms with van der Waals surface area (Å²) in [4.78, 5) is 18.6. The van der Waals surface area contributed by atoms with Crippen molar-refractivity contribution in [3.63, 3.8) is 0 Å². The molecule has 0 aromatic heterocycles. The molecule has 8 nitrogen and oxygen atoms in total. The highest BCUT2D eigenvalue weighted by Gasteiger charge is 2.62. The van der Waals surface area contributed by atoms with Gasteiger partial charge in [0.2, 0.25) is 5.60 Å². The molecule has 2 aliphatic heterocycles. The summed E-state index contributed by atoms with van der Waals surface area (Å²) < 4.78 is 88.6. The molecule has 0 spiro atoms. The minimum Gasteiger partial charge on any atom is -0.443 e. The Kier molecular flexibility index (Phi) is 9.93. The monoisotopic (exact) mass is 646 g/mol. The number of hydrogen-bond acceptors (Lipinski definition) is 7. The Morgan fingerprint density at radius 1 is 1.05 bits per heavy atom. The molecular weight excluding hydrogens is 599 g/mol. The second-order valence-electron chi connectivity index (χ2n) is 15.1. The van der Waals surface area contributed by atoms with Gasteiger partial charge in [-0.3, -0.25) is 4.99 Å². The number of ether oxygens (including phenoxy) is 3. The molecule has 0 aliphatic carbocycles. The van der Waals surface area contributed by atoms with Gasteiger partial charge in [-0.15, -0.1) is 0 Å². The number of amides is 1. The first-order valence-electron chi connectivity index (χ1n) is 14.8. The van der Waals surface area contributed by atoms with Crippen LogP contribution in [0.4, 0.5) is 22.4 Å². The lowest BCUT2D eigenvalue weighted by Crippen LogP contribution is -2.63. The predicted octanol–water partition coefficient (Wildman–Crippen LogP) is 6.64. The second kappa shape index (κ2) is 12.0. The quantitative estimate of drug-likeness (QED) is 0.143. The molecule has 0 saturated carbocycles. The Hall–Kier alpha value is -2.00. The van der Waals surface area contributed by atoms with Gasteiger partial charge in [0.05, 0.1) is 17.8 Å². The zero-order chi connectivity index (χ0) is 33.7. The van der Waals surface area contributed by atoms with Crippen molar-refractivity contribution in [1.82, 2.24) is 4.90 Å². The minimum absolute atomic E-state index is 0.0461.